The molecule has 0 fully saturated rings. The van der Waals surface area contributed by atoms with Gasteiger partial charge in [0.15, 0.2) is 0 Å². The van der Waals surface area contributed by atoms with Crippen LogP contribution in [0.2, 0.25) is 0 Å². The average molecular weight is 292 g/mol. The Morgan fingerprint density at radius 2 is 2.09 bits per heavy atom. The quantitative estimate of drug-likeness (QED) is 0.814. The second-order valence-electron chi connectivity index (χ2n) is 4.91. The second-order valence-corrected chi connectivity index (χ2v) is 4.91. The summed E-state index contributed by atoms with van der Waals surface area (Å²) in [5.41, 5.74) is 2.08. The summed E-state index contributed by atoms with van der Waals surface area (Å²) in [4.78, 5) is 15.8. The first kappa shape index (κ1) is 14.2. The Balaban J connectivity index is 2.11. The van der Waals surface area contributed by atoms with Gasteiger partial charge >= 0.3 is 0 Å². The number of nitroso groups, excluding NO2 is 1. The number of rotatable bonds is 4. The molecule has 0 atom stereocenters. The summed E-state index contributed by atoms with van der Waals surface area (Å²) in [6, 6.07) is 9.40. The van der Waals surface area contributed by atoms with Gasteiger partial charge in [0.25, 0.3) is 0 Å². The minimum atomic E-state index is 0.414. The number of nitrogens with zero attached hydrogens (tertiary/aromatic N) is 2. The highest BCUT2D eigenvalue weighted by Crippen LogP contribution is 2.22. The van der Waals surface area contributed by atoms with Crippen LogP contribution in [0.3, 0.4) is 0 Å². The molecule has 0 spiro atoms. The van der Waals surface area contributed by atoms with Crippen LogP contribution in [0.1, 0.15) is 13.3 Å². The van der Waals surface area contributed by atoms with E-state index in [1.54, 1.807) is 6.07 Å². The SMILES string of the molecule is CCOc1ccc(-c2cc(N=O)c3c(n2)=CCC=CC=3)cc1. The molecule has 0 unspecified atom stereocenters. The van der Waals surface area contributed by atoms with Crippen molar-refractivity contribution < 1.29 is 4.74 Å². The van der Waals surface area contributed by atoms with Gasteiger partial charge in [-0.15, -0.1) is 4.91 Å². The number of allylic oxidation sites excluding steroid dienone is 2. The molecule has 1 aliphatic carbocycles. The Bertz CT molecular complexity index is 837. The molecule has 22 heavy (non-hydrogen) atoms. The van der Waals surface area contributed by atoms with E-state index in [-0.39, 0.29) is 0 Å². The Labute approximate surface area is 128 Å². The Morgan fingerprint density at radius 1 is 1.27 bits per heavy atom. The molecular weight excluding hydrogens is 276 g/mol. The van der Waals surface area contributed by atoms with Crippen LogP contribution in [0.15, 0.2) is 47.7 Å². The third kappa shape index (κ3) is 2.81. The lowest BCUT2D eigenvalue weighted by molar-refractivity contribution is 0.340. The molecule has 0 saturated heterocycles. The number of ether oxygens (including phenoxy) is 1. The van der Waals surface area contributed by atoms with Gasteiger partial charge in [0.1, 0.15) is 11.4 Å². The van der Waals surface area contributed by atoms with Gasteiger partial charge in [-0.1, -0.05) is 24.3 Å². The van der Waals surface area contributed by atoms with Crippen molar-refractivity contribution in [2.75, 3.05) is 6.61 Å². The zero-order valence-electron chi connectivity index (χ0n) is 12.3. The van der Waals surface area contributed by atoms with Crippen LogP contribution in [0.4, 0.5) is 5.69 Å². The summed E-state index contributed by atoms with van der Waals surface area (Å²) < 4.78 is 5.44. The first-order valence-electron chi connectivity index (χ1n) is 7.26. The standard InChI is InChI=1S/C18H16N2O2/c1-2-22-14-10-8-13(9-11-14)17-12-18(20-21)15-6-4-3-5-7-16(15)19-17/h3-4,6-12H,2,5H2,1H3. The summed E-state index contributed by atoms with van der Waals surface area (Å²) in [6.45, 7) is 2.58. The highest BCUT2D eigenvalue weighted by Gasteiger charge is 2.06. The molecule has 0 radical (unpaired) electrons. The smallest absolute Gasteiger partial charge is 0.119 e. The zero-order valence-corrected chi connectivity index (χ0v) is 12.3. The van der Waals surface area contributed by atoms with Crippen LogP contribution in [-0.2, 0) is 0 Å². The minimum Gasteiger partial charge on any atom is -0.494 e. The maximum absolute atomic E-state index is 11.2. The van der Waals surface area contributed by atoms with E-state index < -0.39 is 0 Å². The van der Waals surface area contributed by atoms with E-state index in [0.717, 1.165) is 34.0 Å². The minimum absolute atomic E-state index is 0.414. The molecule has 110 valence electrons. The van der Waals surface area contributed by atoms with Crippen molar-refractivity contribution in [3.8, 4) is 17.0 Å². The van der Waals surface area contributed by atoms with Gasteiger partial charge in [-0.2, -0.15) is 0 Å². The van der Waals surface area contributed by atoms with E-state index >= 15 is 0 Å². The van der Waals surface area contributed by atoms with Gasteiger partial charge in [0.2, 0.25) is 0 Å². The molecule has 3 rings (SSSR count). The van der Waals surface area contributed by atoms with E-state index in [9.17, 15) is 4.91 Å². The predicted molar refractivity (Wildman–Crippen MR) is 88.2 cm³/mol. The number of aromatic nitrogens is 1. The zero-order chi connectivity index (χ0) is 15.4. The maximum atomic E-state index is 11.2. The molecule has 0 amide bonds. The Kier molecular flexibility index (Phi) is 4.10. The molecular formula is C18H16N2O2. The topological polar surface area (TPSA) is 51.5 Å². The molecule has 0 N–H and O–H groups in total. The van der Waals surface area contributed by atoms with Gasteiger partial charge < -0.3 is 4.74 Å². The van der Waals surface area contributed by atoms with Crippen molar-refractivity contribution in [3.63, 3.8) is 0 Å². The summed E-state index contributed by atoms with van der Waals surface area (Å²) in [7, 11) is 0. The van der Waals surface area contributed by atoms with Crippen molar-refractivity contribution in [1.82, 2.24) is 4.98 Å². The first-order valence-corrected chi connectivity index (χ1v) is 7.26. The van der Waals surface area contributed by atoms with E-state index in [1.807, 2.05) is 55.5 Å². The van der Waals surface area contributed by atoms with E-state index in [4.69, 9.17) is 4.74 Å². The lowest BCUT2D eigenvalue weighted by Gasteiger charge is -2.06. The molecule has 4 heteroatoms. The van der Waals surface area contributed by atoms with Crippen LogP contribution < -0.4 is 15.3 Å². The lowest BCUT2D eigenvalue weighted by Crippen LogP contribution is -2.28. The third-order valence-corrected chi connectivity index (χ3v) is 3.47. The van der Waals surface area contributed by atoms with Crippen LogP contribution in [-0.4, -0.2) is 11.6 Å². The molecule has 0 saturated carbocycles. The van der Waals surface area contributed by atoms with Crippen molar-refractivity contribution in [2.45, 2.75) is 13.3 Å². The van der Waals surface area contributed by atoms with Crippen molar-refractivity contribution >= 4 is 17.8 Å². The molecule has 4 nitrogen and oxygen atoms in total. The average Bonchev–Trinajstić information content (AvgIpc) is 2.80. The second kappa shape index (κ2) is 6.35. The molecule has 1 heterocycles. The monoisotopic (exact) mass is 292 g/mol. The van der Waals surface area contributed by atoms with Crippen molar-refractivity contribution in [2.24, 2.45) is 5.18 Å². The number of benzene rings is 1. The number of hydrogen-bond acceptors (Lipinski definition) is 4. The van der Waals surface area contributed by atoms with Gasteiger partial charge in [-0.25, -0.2) is 4.98 Å². The van der Waals surface area contributed by atoms with Gasteiger partial charge in [-0.3, -0.25) is 0 Å². The third-order valence-electron chi connectivity index (χ3n) is 3.47. The highest BCUT2D eigenvalue weighted by molar-refractivity contribution is 5.65. The summed E-state index contributed by atoms with van der Waals surface area (Å²) in [5, 5.41) is 4.73. The number of pyridine rings is 1. The molecule has 1 aromatic heterocycles. The predicted octanol–water partition coefficient (Wildman–Crippen LogP) is 3.07. The van der Waals surface area contributed by atoms with Crippen LogP contribution in [0.5, 0.6) is 5.75 Å². The highest BCUT2D eigenvalue weighted by atomic mass is 16.5. The maximum Gasteiger partial charge on any atom is 0.119 e. The van der Waals surface area contributed by atoms with Gasteiger partial charge in [-0.05, 0) is 48.9 Å². The van der Waals surface area contributed by atoms with Crippen LogP contribution in [0.25, 0.3) is 23.4 Å². The summed E-state index contributed by atoms with van der Waals surface area (Å²) in [6.07, 6.45) is 8.62. The van der Waals surface area contributed by atoms with E-state index in [1.165, 1.54) is 0 Å². The fourth-order valence-electron chi connectivity index (χ4n) is 2.42. The normalized spacial score (nSPS) is 12.6. The van der Waals surface area contributed by atoms with Crippen LogP contribution >= 0.6 is 0 Å². The fraction of sp³-hybridized carbons (Fsp3) is 0.167. The van der Waals surface area contributed by atoms with Crippen molar-refractivity contribution in [1.29, 1.82) is 0 Å². The molecule has 1 aromatic carbocycles. The molecule has 2 aromatic rings. The van der Waals surface area contributed by atoms with Gasteiger partial charge in [0, 0.05) is 10.8 Å². The van der Waals surface area contributed by atoms with Crippen LogP contribution in [0, 0.1) is 4.91 Å². The Morgan fingerprint density at radius 3 is 2.82 bits per heavy atom. The van der Waals surface area contributed by atoms with Gasteiger partial charge in [0.05, 0.1) is 17.6 Å². The van der Waals surface area contributed by atoms with Crippen molar-refractivity contribution in [3.05, 3.63) is 58.0 Å². The summed E-state index contributed by atoms with van der Waals surface area (Å²) >= 11 is 0. The summed E-state index contributed by atoms with van der Waals surface area (Å²) in [5.74, 6) is 0.818. The van der Waals surface area contributed by atoms with E-state index in [0.29, 0.717) is 12.3 Å². The lowest BCUT2D eigenvalue weighted by atomic mass is 10.1. The first-order chi connectivity index (χ1) is 10.8. The molecule has 0 aliphatic heterocycles. The molecule has 0 bridgehead atoms. The molecule has 1 aliphatic rings. The fourth-order valence-corrected chi connectivity index (χ4v) is 2.42. The Hall–Kier alpha value is -2.75. The van der Waals surface area contributed by atoms with E-state index in [2.05, 4.69) is 10.2 Å². The number of fused-ring (bicyclic) bond motifs is 1. The number of hydrogen-bond donors (Lipinski definition) is 0. The largest absolute Gasteiger partial charge is 0.494 e.